The zero-order chi connectivity index (χ0) is 21.3. The maximum Gasteiger partial charge on any atom is 0.279 e. The molecule has 1 amide bonds. The van der Waals surface area contributed by atoms with Crippen molar-refractivity contribution in [2.75, 3.05) is 0 Å². The van der Waals surface area contributed by atoms with Gasteiger partial charge in [-0.25, -0.2) is 17.2 Å². The van der Waals surface area contributed by atoms with Crippen molar-refractivity contribution in [3.05, 3.63) is 71.1 Å². The SMILES string of the molecule is C=CCn1c(=NC(=O)c2cccc(S(=O)(=O)C(C)C)c2)sc2cc(F)cc(F)c21. The highest BCUT2D eigenvalue weighted by atomic mass is 32.2. The highest BCUT2D eigenvalue weighted by molar-refractivity contribution is 7.92. The van der Waals surface area contributed by atoms with Crippen LogP contribution in [0.25, 0.3) is 10.2 Å². The maximum absolute atomic E-state index is 14.3. The lowest BCUT2D eigenvalue weighted by molar-refractivity contribution is 0.0997. The zero-order valence-corrected chi connectivity index (χ0v) is 17.4. The summed E-state index contributed by atoms with van der Waals surface area (Å²) in [6.45, 7) is 6.89. The number of rotatable bonds is 5. The van der Waals surface area contributed by atoms with Gasteiger partial charge in [-0.05, 0) is 38.1 Å². The van der Waals surface area contributed by atoms with E-state index in [0.717, 1.165) is 17.4 Å². The molecule has 2 aromatic carbocycles. The average Bonchev–Trinajstić information content (AvgIpc) is 2.99. The molecule has 0 aliphatic heterocycles. The Morgan fingerprint density at radius 2 is 2.00 bits per heavy atom. The normalized spacial score (nSPS) is 12.7. The number of amides is 1. The molecule has 0 bridgehead atoms. The monoisotopic (exact) mass is 436 g/mol. The summed E-state index contributed by atoms with van der Waals surface area (Å²) in [5.74, 6) is -2.18. The Hall–Kier alpha value is -2.65. The van der Waals surface area contributed by atoms with E-state index in [-0.39, 0.29) is 27.3 Å². The highest BCUT2D eigenvalue weighted by Gasteiger charge is 2.20. The minimum atomic E-state index is -3.55. The van der Waals surface area contributed by atoms with Crippen molar-refractivity contribution >= 4 is 37.3 Å². The molecule has 0 unspecified atom stereocenters. The number of aromatic nitrogens is 1. The molecular weight excluding hydrogens is 418 g/mol. The Labute approximate surface area is 170 Å². The molecule has 9 heteroatoms. The Morgan fingerprint density at radius 3 is 2.66 bits per heavy atom. The second-order valence-electron chi connectivity index (χ2n) is 6.56. The third-order valence-electron chi connectivity index (χ3n) is 4.23. The summed E-state index contributed by atoms with van der Waals surface area (Å²) < 4.78 is 54.3. The predicted octanol–water partition coefficient (Wildman–Crippen LogP) is 4.09. The lowest BCUT2D eigenvalue weighted by Gasteiger charge is -2.08. The number of sulfone groups is 1. The van der Waals surface area contributed by atoms with Crippen LogP contribution >= 0.6 is 11.3 Å². The van der Waals surface area contributed by atoms with Gasteiger partial charge in [0.15, 0.2) is 20.5 Å². The molecule has 5 nitrogen and oxygen atoms in total. The fourth-order valence-corrected chi connectivity index (χ4v) is 4.92. The number of nitrogens with zero attached hydrogens (tertiary/aromatic N) is 2. The van der Waals surface area contributed by atoms with Crippen LogP contribution in [0, 0.1) is 11.6 Å². The number of allylic oxidation sites excluding steroid dienone is 1. The number of carbonyl (C=O) groups excluding carboxylic acids is 1. The van der Waals surface area contributed by atoms with Gasteiger partial charge < -0.3 is 4.57 Å². The molecule has 0 saturated carbocycles. The number of fused-ring (bicyclic) bond motifs is 1. The summed E-state index contributed by atoms with van der Waals surface area (Å²) in [5, 5.41) is -0.639. The fraction of sp³-hybridized carbons (Fsp3) is 0.200. The zero-order valence-electron chi connectivity index (χ0n) is 15.7. The number of hydrogen-bond acceptors (Lipinski definition) is 4. The fourth-order valence-electron chi connectivity index (χ4n) is 2.74. The van der Waals surface area contributed by atoms with Crippen molar-refractivity contribution < 1.29 is 22.0 Å². The summed E-state index contributed by atoms with van der Waals surface area (Å²) in [6, 6.07) is 7.54. The van der Waals surface area contributed by atoms with Crippen molar-refractivity contribution in [3.63, 3.8) is 0 Å². The molecule has 0 aliphatic carbocycles. The van der Waals surface area contributed by atoms with E-state index in [2.05, 4.69) is 11.6 Å². The summed E-state index contributed by atoms with van der Waals surface area (Å²) >= 11 is 0.959. The summed E-state index contributed by atoms with van der Waals surface area (Å²) in [5.41, 5.74) is 0.208. The molecule has 0 spiro atoms. The van der Waals surface area contributed by atoms with Crippen molar-refractivity contribution in [2.24, 2.45) is 4.99 Å². The first-order valence-corrected chi connectivity index (χ1v) is 11.0. The van der Waals surface area contributed by atoms with Crippen LogP contribution in [0.3, 0.4) is 0 Å². The number of thiazole rings is 1. The van der Waals surface area contributed by atoms with E-state index in [1.807, 2.05) is 0 Å². The van der Waals surface area contributed by atoms with E-state index >= 15 is 0 Å². The molecule has 3 rings (SSSR count). The Morgan fingerprint density at radius 1 is 1.28 bits per heavy atom. The standard InChI is InChI=1S/C20H18F2N2O3S2/c1-4-8-24-18-16(22)10-14(21)11-17(18)28-20(24)23-19(25)13-6-5-7-15(9-13)29(26,27)12(2)3/h4-7,9-12H,1,8H2,2-3H3. The van der Waals surface area contributed by atoms with Crippen LogP contribution in [0.2, 0.25) is 0 Å². The maximum atomic E-state index is 14.3. The minimum Gasteiger partial charge on any atom is -0.310 e. The first-order chi connectivity index (χ1) is 13.6. The minimum absolute atomic E-state index is 0.0250. The summed E-state index contributed by atoms with van der Waals surface area (Å²) in [7, 11) is -3.55. The van der Waals surface area contributed by atoms with Crippen molar-refractivity contribution in [1.82, 2.24) is 4.57 Å². The van der Waals surface area contributed by atoms with Crippen molar-refractivity contribution in [1.29, 1.82) is 0 Å². The first kappa shape index (κ1) is 21.1. The lowest BCUT2D eigenvalue weighted by atomic mass is 10.2. The van der Waals surface area contributed by atoms with Gasteiger partial charge >= 0.3 is 0 Å². The van der Waals surface area contributed by atoms with E-state index in [9.17, 15) is 22.0 Å². The van der Waals surface area contributed by atoms with Crippen LogP contribution in [0.1, 0.15) is 24.2 Å². The topological polar surface area (TPSA) is 68.5 Å². The molecule has 152 valence electrons. The molecule has 29 heavy (non-hydrogen) atoms. The third kappa shape index (κ3) is 4.06. The molecule has 0 saturated heterocycles. The smallest absolute Gasteiger partial charge is 0.279 e. The molecule has 0 radical (unpaired) electrons. The van der Waals surface area contributed by atoms with Gasteiger partial charge in [0.05, 0.1) is 20.4 Å². The van der Waals surface area contributed by atoms with Crippen LogP contribution in [-0.4, -0.2) is 24.1 Å². The van der Waals surface area contributed by atoms with Gasteiger partial charge in [0.2, 0.25) is 0 Å². The van der Waals surface area contributed by atoms with E-state index in [1.165, 1.54) is 41.0 Å². The molecule has 0 atom stereocenters. The molecular formula is C20H18F2N2O3S2. The van der Waals surface area contributed by atoms with Gasteiger partial charge in [0, 0.05) is 18.2 Å². The van der Waals surface area contributed by atoms with Crippen molar-refractivity contribution in [2.45, 2.75) is 30.5 Å². The number of benzene rings is 2. The lowest BCUT2D eigenvalue weighted by Crippen LogP contribution is -2.17. The van der Waals surface area contributed by atoms with Gasteiger partial charge in [-0.15, -0.1) is 6.58 Å². The largest absolute Gasteiger partial charge is 0.310 e. The number of carbonyl (C=O) groups is 1. The van der Waals surface area contributed by atoms with E-state index < -0.39 is 32.6 Å². The molecule has 1 heterocycles. The molecule has 0 N–H and O–H groups in total. The Balaban J connectivity index is 2.15. The Kier molecular flexibility index (Phi) is 5.81. The van der Waals surface area contributed by atoms with Crippen LogP contribution in [0.15, 0.2) is 58.9 Å². The predicted molar refractivity (Wildman–Crippen MR) is 109 cm³/mol. The summed E-state index contributed by atoms with van der Waals surface area (Å²) in [6.07, 6.45) is 1.51. The first-order valence-electron chi connectivity index (χ1n) is 8.67. The van der Waals surface area contributed by atoms with Crippen LogP contribution in [0.4, 0.5) is 8.78 Å². The van der Waals surface area contributed by atoms with E-state index in [4.69, 9.17) is 0 Å². The van der Waals surface area contributed by atoms with Gasteiger partial charge in [-0.2, -0.15) is 4.99 Å². The van der Waals surface area contributed by atoms with E-state index in [0.29, 0.717) is 4.70 Å². The average molecular weight is 437 g/mol. The van der Waals surface area contributed by atoms with Gasteiger partial charge in [-0.3, -0.25) is 4.79 Å². The molecule has 0 aliphatic rings. The summed E-state index contributed by atoms with van der Waals surface area (Å²) in [4.78, 5) is 16.9. The molecule has 3 aromatic rings. The highest BCUT2D eigenvalue weighted by Crippen LogP contribution is 2.23. The van der Waals surface area contributed by atoms with Crippen LogP contribution < -0.4 is 4.80 Å². The van der Waals surface area contributed by atoms with E-state index in [1.54, 1.807) is 13.8 Å². The van der Waals surface area contributed by atoms with Crippen molar-refractivity contribution in [3.8, 4) is 0 Å². The quantitative estimate of drug-likeness (QED) is 0.566. The number of halogens is 2. The number of hydrogen-bond donors (Lipinski definition) is 0. The van der Waals surface area contributed by atoms with Gasteiger partial charge in [-0.1, -0.05) is 23.5 Å². The van der Waals surface area contributed by atoms with Crippen LogP contribution in [0.5, 0.6) is 0 Å². The van der Waals surface area contributed by atoms with Gasteiger partial charge in [0.1, 0.15) is 5.82 Å². The molecule has 0 fully saturated rings. The molecule has 1 aromatic heterocycles. The third-order valence-corrected chi connectivity index (χ3v) is 7.41. The van der Waals surface area contributed by atoms with Crippen LogP contribution in [-0.2, 0) is 16.4 Å². The second kappa shape index (κ2) is 8.00. The second-order valence-corrected chi connectivity index (χ2v) is 10.1. The Bertz CT molecular complexity index is 1290. The van der Waals surface area contributed by atoms with Gasteiger partial charge in [0.25, 0.3) is 5.91 Å².